The maximum atomic E-state index is 15.1. The van der Waals surface area contributed by atoms with Gasteiger partial charge in [-0.3, -0.25) is 9.69 Å². The van der Waals surface area contributed by atoms with Gasteiger partial charge in [-0.25, -0.2) is 4.79 Å². The number of carbonyl (C=O) groups excluding carboxylic acids is 2. The summed E-state index contributed by atoms with van der Waals surface area (Å²) in [5.41, 5.74) is 6.49. The smallest absolute Gasteiger partial charge is 0.411 e. The second kappa shape index (κ2) is 17.4. The van der Waals surface area contributed by atoms with Crippen molar-refractivity contribution < 1.29 is 28.5 Å². The summed E-state index contributed by atoms with van der Waals surface area (Å²) < 4.78 is 21.4. The summed E-state index contributed by atoms with van der Waals surface area (Å²) >= 11 is 18.7. The Hall–Kier alpha value is -3.34. The molecule has 2 bridgehead atoms. The number of nitrogens with zero attached hydrogens (tertiary/aromatic N) is 2. The van der Waals surface area contributed by atoms with Gasteiger partial charge in [0.2, 0.25) is 3.79 Å². The van der Waals surface area contributed by atoms with E-state index in [0.717, 1.165) is 58.4 Å². The van der Waals surface area contributed by atoms with Gasteiger partial charge in [0.25, 0.3) is 5.91 Å². The summed E-state index contributed by atoms with van der Waals surface area (Å²) in [6, 6.07) is 17.4. The fourth-order valence-electron chi connectivity index (χ4n) is 7.30. The predicted molar refractivity (Wildman–Crippen MR) is 221 cm³/mol. The second-order valence-corrected chi connectivity index (χ2v) is 17.3. The standard InChI is InChI=1S/C42H50Cl3N3O6.ClH/c1-25-8-9-26(2)38(27(25)3)53-17-16-28-10-12-30(13-11-28)35-20-32-22-46-23-36(48(32)40(50)54-41(4,5)42(43,44)45)37(35)39(49)47(31-14-15-31)24-29-18-33(51-6)21-34(19-29)52-7;/h8-13,18-19,21,31-32,36,46H,14-17,20,22-24H2,1-7H3;1H. The highest BCUT2D eigenvalue weighted by molar-refractivity contribution is 6.68. The van der Waals surface area contributed by atoms with E-state index in [1.165, 1.54) is 5.56 Å². The van der Waals surface area contributed by atoms with Gasteiger partial charge in [-0.1, -0.05) is 71.2 Å². The normalized spacial score (nSPS) is 18.3. The molecule has 1 N–H and O–H groups in total. The lowest BCUT2D eigenvalue weighted by Gasteiger charge is -2.48. The van der Waals surface area contributed by atoms with E-state index in [-0.39, 0.29) is 30.4 Å². The van der Waals surface area contributed by atoms with Gasteiger partial charge in [0, 0.05) is 43.7 Å². The number of methoxy groups -OCH3 is 2. The molecule has 2 unspecified atom stereocenters. The number of rotatable bonds is 12. The van der Waals surface area contributed by atoms with Gasteiger partial charge in [-0.05, 0) is 105 Å². The first-order chi connectivity index (χ1) is 25.6. The van der Waals surface area contributed by atoms with Crippen LogP contribution < -0.4 is 19.5 Å². The highest BCUT2D eigenvalue weighted by atomic mass is 35.6. The molecule has 3 aliphatic rings. The van der Waals surface area contributed by atoms with Crippen LogP contribution in [0.4, 0.5) is 4.79 Å². The molecule has 1 aliphatic carbocycles. The molecule has 3 aromatic rings. The van der Waals surface area contributed by atoms with Crippen molar-refractivity contribution in [3.05, 3.63) is 93.6 Å². The Kier molecular flexibility index (Phi) is 13.6. The van der Waals surface area contributed by atoms with Gasteiger partial charge in [0.15, 0.2) is 5.60 Å². The Morgan fingerprint density at radius 2 is 1.53 bits per heavy atom. The van der Waals surface area contributed by atoms with E-state index >= 15 is 4.79 Å². The Bertz CT molecular complexity index is 1890. The SMILES string of the molecule is COc1cc(CN(C(=O)C2=C(c3ccc(CCOc4c(C)ccc(C)c4C)cc3)CC3CNCC2N3C(=O)OC(C)(C)C(Cl)(Cl)Cl)C2CC2)cc(OC)c1.Cl. The number of ether oxygens (including phenoxy) is 4. The highest BCUT2D eigenvalue weighted by Crippen LogP contribution is 2.44. The first-order valence-electron chi connectivity index (χ1n) is 18.5. The summed E-state index contributed by atoms with van der Waals surface area (Å²) in [6.45, 7) is 11.2. The number of halogens is 4. The van der Waals surface area contributed by atoms with Crippen LogP contribution in [0, 0.1) is 20.8 Å². The fourth-order valence-corrected chi connectivity index (χ4v) is 7.42. The third-order valence-corrected chi connectivity index (χ3v) is 12.2. The van der Waals surface area contributed by atoms with Gasteiger partial charge in [0.1, 0.15) is 17.2 Å². The fraction of sp³-hybridized carbons (Fsp3) is 0.476. The molecule has 6 rings (SSSR count). The van der Waals surface area contributed by atoms with Crippen molar-refractivity contribution in [3.63, 3.8) is 0 Å². The lowest BCUT2D eigenvalue weighted by atomic mass is 9.81. The van der Waals surface area contributed by atoms with Crippen LogP contribution in [0.3, 0.4) is 0 Å². The van der Waals surface area contributed by atoms with Crippen LogP contribution in [-0.2, 0) is 22.5 Å². The van der Waals surface area contributed by atoms with Crippen molar-refractivity contribution in [2.75, 3.05) is 33.9 Å². The van der Waals surface area contributed by atoms with Gasteiger partial charge >= 0.3 is 6.09 Å². The topological polar surface area (TPSA) is 89.6 Å². The molecule has 55 heavy (non-hydrogen) atoms. The Labute approximate surface area is 346 Å². The van der Waals surface area contributed by atoms with Crippen molar-refractivity contribution in [1.82, 2.24) is 15.1 Å². The van der Waals surface area contributed by atoms with Crippen molar-refractivity contribution in [2.24, 2.45) is 0 Å². The molecule has 1 saturated heterocycles. The zero-order chi connectivity index (χ0) is 38.9. The number of hydrogen-bond acceptors (Lipinski definition) is 7. The molecule has 0 aromatic heterocycles. The van der Waals surface area contributed by atoms with E-state index in [4.69, 9.17) is 53.8 Å². The number of carbonyl (C=O) groups is 2. The molecule has 2 atom stereocenters. The molecule has 1 saturated carbocycles. The summed E-state index contributed by atoms with van der Waals surface area (Å²) in [4.78, 5) is 32.8. The summed E-state index contributed by atoms with van der Waals surface area (Å²) in [5, 5.41) is 3.46. The molecular weight excluding hydrogens is 784 g/mol. The number of aryl methyl sites for hydroxylation is 2. The minimum Gasteiger partial charge on any atom is -0.497 e. The lowest BCUT2D eigenvalue weighted by Crippen LogP contribution is -2.64. The predicted octanol–water partition coefficient (Wildman–Crippen LogP) is 8.95. The number of amides is 2. The van der Waals surface area contributed by atoms with Crippen LogP contribution in [0.5, 0.6) is 17.2 Å². The highest BCUT2D eigenvalue weighted by Gasteiger charge is 2.50. The monoisotopic (exact) mass is 833 g/mol. The molecule has 13 heteroatoms. The lowest BCUT2D eigenvalue weighted by molar-refractivity contribution is -0.129. The molecule has 2 amide bonds. The molecule has 2 fully saturated rings. The molecule has 9 nitrogen and oxygen atoms in total. The van der Waals surface area contributed by atoms with Gasteiger partial charge < -0.3 is 29.2 Å². The summed E-state index contributed by atoms with van der Waals surface area (Å²) in [6.07, 6.45) is 2.32. The minimum atomic E-state index is -1.86. The Balaban J connectivity index is 0.00000580. The minimum absolute atomic E-state index is 0. The third kappa shape index (κ3) is 9.45. The van der Waals surface area contributed by atoms with Crippen LogP contribution in [-0.4, -0.2) is 83.2 Å². The first-order valence-corrected chi connectivity index (χ1v) is 19.6. The van der Waals surface area contributed by atoms with E-state index in [2.05, 4.69) is 62.5 Å². The number of nitrogens with one attached hydrogen (secondary N) is 1. The van der Waals surface area contributed by atoms with E-state index in [1.54, 1.807) is 33.0 Å². The van der Waals surface area contributed by atoms with Crippen LogP contribution in [0.25, 0.3) is 5.57 Å². The third-order valence-electron chi connectivity index (χ3n) is 10.8. The number of alkyl halides is 3. The van der Waals surface area contributed by atoms with E-state index in [0.29, 0.717) is 49.7 Å². The Morgan fingerprint density at radius 3 is 2.13 bits per heavy atom. The van der Waals surface area contributed by atoms with E-state index in [1.807, 2.05) is 23.1 Å². The van der Waals surface area contributed by atoms with Crippen LogP contribution in [0.2, 0.25) is 0 Å². The van der Waals surface area contributed by atoms with Crippen molar-refractivity contribution in [2.45, 2.75) is 94.4 Å². The number of fused-ring (bicyclic) bond motifs is 2. The largest absolute Gasteiger partial charge is 0.497 e. The number of piperazine rings is 1. The van der Waals surface area contributed by atoms with Gasteiger partial charge in [0.05, 0.1) is 32.9 Å². The molecule has 298 valence electrons. The molecule has 0 spiro atoms. The van der Waals surface area contributed by atoms with Crippen molar-refractivity contribution in [1.29, 1.82) is 0 Å². The first kappa shape index (κ1) is 42.8. The van der Waals surface area contributed by atoms with Crippen molar-refractivity contribution in [3.8, 4) is 17.2 Å². The van der Waals surface area contributed by atoms with E-state index in [9.17, 15) is 4.79 Å². The zero-order valence-corrected chi connectivity index (χ0v) is 35.6. The maximum absolute atomic E-state index is 15.1. The average Bonchev–Trinajstić information content (AvgIpc) is 3.98. The summed E-state index contributed by atoms with van der Waals surface area (Å²) in [7, 11) is 3.21. The van der Waals surface area contributed by atoms with Crippen LogP contribution in [0.1, 0.15) is 66.5 Å². The van der Waals surface area contributed by atoms with Gasteiger partial charge in [-0.2, -0.15) is 0 Å². The Morgan fingerprint density at radius 1 is 0.891 bits per heavy atom. The van der Waals surface area contributed by atoms with Gasteiger partial charge in [-0.15, -0.1) is 12.4 Å². The van der Waals surface area contributed by atoms with Crippen LogP contribution in [0.15, 0.2) is 60.2 Å². The van der Waals surface area contributed by atoms with E-state index < -0.39 is 21.5 Å². The molecule has 3 aromatic carbocycles. The molecule has 0 radical (unpaired) electrons. The molecule has 2 heterocycles. The average molecular weight is 836 g/mol. The number of hydrogen-bond donors (Lipinski definition) is 1. The number of benzene rings is 3. The summed E-state index contributed by atoms with van der Waals surface area (Å²) in [5.74, 6) is 2.10. The quantitative estimate of drug-likeness (QED) is 0.182. The second-order valence-electron chi connectivity index (χ2n) is 15.0. The van der Waals surface area contributed by atoms with Crippen LogP contribution >= 0.6 is 47.2 Å². The zero-order valence-electron chi connectivity index (χ0n) is 32.5. The maximum Gasteiger partial charge on any atom is 0.411 e. The van der Waals surface area contributed by atoms with Crippen molar-refractivity contribution >= 4 is 64.8 Å². The molecular formula is C42H51Cl4N3O6. The molecule has 2 aliphatic heterocycles.